The van der Waals surface area contributed by atoms with E-state index < -0.39 is 10.0 Å². The standard InChI is InChI=1S/C22H26Cl2N2O4S.ClH/c1-13-2-4-16-17(22(13)27)11-19(30-20(16)12-25)14-6-8-26(9-7-14)31(28,29)21-10-15(23)3-5-18(21)24;/h2-5,10,14,19-20,27H,6-9,11-12,25H2,1H3;1H/t19-,20-;/m0./s1. The molecule has 2 aliphatic heterocycles. The molecule has 2 atom stereocenters. The van der Waals surface area contributed by atoms with Crippen LogP contribution in [-0.4, -0.2) is 43.6 Å². The molecule has 0 bridgehead atoms. The third-order valence-corrected chi connectivity index (χ3v) is 8.98. The van der Waals surface area contributed by atoms with Crippen molar-refractivity contribution >= 4 is 45.6 Å². The summed E-state index contributed by atoms with van der Waals surface area (Å²) < 4.78 is 33.9. The molecule has 0 aliphatic carbocycles. The molecule has 1 fully saturated rings. The van der Waals surface area contributed by atoms with Gasteiger partial charge in [-0.05, 0) is 55.0 Å². The summed E-state index contributed by atoms with van der Waals surface area (Å²) in [5, 5.41) is 11.1. The lowest BCUT2D eigenvalue weighted by atomic mass is 9.83. The zero-order chi connectivity index (χ0) is 22.3. The van der Waals surface area contributed by atoms with Crippen molar-refractivity contribution in [2.24, 2.45) is 11.7 Å². The molecule has 2 aliphatic rings. The molecule has 1 saturated heterocycles. The van der Waals surface area contributed by atoms with Crippen molar-refractivity contribution in [3.05, 3.63) is 57.1 Å². The first-order chi connectivity index (χ1) is 14.7. The largest absolute Gasteiger partial charge is 0.507 e. The van der Waals surface area contributed by atoms with Gasteiger partial charge in [-0.2, -0.15) is 4.31 Å². The second-order valence-corrected chi connectivity index (χ2v) is 11.0. The number of sulfonamides is 1. The number of benzene rings is 2. The second-order valence-electron chi connectivity index (χ2n) is 8.22. The van der Waals surface area contributed by atoms with Gasteiger partial charge in [-0.25, -0.2) is 8.42 Å². The van der Waals surface area contributed by atoms with Gasteiger partial charge in [-0.1, -0.05) is 35.3 Å². The smallest absolute Gasteiger partial charge is 0.244 e. The molecule has 0 unspecified atom stereocenters. The highest BCUT2D eigenvalue weighted by Crippen LogP contribution is 2.41. The molecule has 0 spiro atoms. The van der Waals surface area contributed by atoms with E-state index >= 15 is 0 Å². The zero-order valence-electron chi connectivity index (χ0n) is 17.6. The third-order valence-electron chi connectivity index (χ3n) is 6.36. The minimum atomic E-state index is -3.73. The molecule has 0 radical (unpaired) electrons. The Morgan fingerprint density at radius 3 is 2.53 bits per heavy atom. The molecule has 4 rings (SSSR count). The van der Waals surface area contributed by atoms with Gasteiger partial charge in [0.1, 0.15) is 10.6 Å². The molecule has 2 heterocycles. The molecule has 32 heavy (non-hydrogen) atoms. The highest BCUT2D eigenvalue weighted by atomic mass is 35.5. The van der Waals surface area contributed by atoms with Crippen molar-refractivity contribution in [1.82, 2.24) is 4.31 Å². The minimum absolute atomic E-state index is 0. The quantitative estimate of drug-likeness (QED) is 0.619. The number of ether oxygens (including phenoxy) is 1. The van der Waals surface area contributed by atoms with Crippen molar-refractivity contribution in [2.75, 3.05) is 19.6 Å². The summed E-state index contributed by atoms with van der Waals surface area (Å²) >= 11 is 12.1. The van der Waals surface area contributed by atoms with Gasteiger partial charge in [-0.15, -0.1) is 12.4 Å². The number of nitrogens with two attached hydrogens (primary N) is 1. The van der Waals surface area contributed by atoms with Gasteiger partial charge in [0.2, 0.25) is 10.0 Å². The summed E-state index contributed by atoms with van der Waals surface area (Å²) in [6.07, 6.45) is 1.51. The third kappa shape index (κ3) is 4.75. The van der Waals surface area contributed by atoms with E-state index in [0.717, 1.165) is 16.7 Å². The van der Waals surface area contributed by atoms with Crippen molar-refractivity contribution in [2.45, 2.75) is 43.3 Å². The van der Waals surface area contributed by atoms with Crippen LogP contribution in [0.15, 0.2) is 35.2 Å². The summed E-state index contributed by atoms with van der Waals surface area (Å²) in [6, 6.07) is 8.31. The number of nitrogens with zero attached hydrogens (tertiary/aromatic N) is 1. The SMILES string of the molecule is Cc1ccc2c(c1O)C[C@@H](C1CCN(S(=O)(=O)c3cc(Cl)ccc3Cl)CC1)O[C@H]2CN.Cl. The van der Waals surface area contributed by atoms with Gasteiger partial charge in [0.15, 0.2) is 0 Å². The van der Waals surface area contributed by atoms with E-state index in [9.17, 15) is 13.5 Å². The van der Waals surface area contributed by atoms with Gasteiger partial charge >= 0.3 is 0 Å². The molecule has 6 nitrogen and oxygen atoms in total. The molecule has 176 valence electrons. The van der Waals surface area contributed by atoms with Crippen LogP contribution in [0, 0.1) is 12.8 Å². The van der Waals surface area contributed by atoms with Crippen LogP contribution in [-0.2, 0) is 21.2 Å². The second kappa shape index (κ2) is 10.1. The summed E-state index contributed by atoms with van der Waals surface area (Å²) in [4.78, 5) is 0.0338. The molecule has 2 aromatic carbocycles. The van der Waals surface area contributed by atoms with Crippen LogP contribution in [0.5, 0.6) is 5.75 Å². The number of piperidine rings is 1. The lowest BCUT2D eigenvalue weighted by Gasteiger charge is -2.40. The number of hydrogen-bond acceptors (Lipinski definition) is 5. The Morgan fingerprint density at radius 2 is 1.88 bits per heavy atom. The molecular formula is C22H27Cl3N2O4S. The average molecular weight is 522 g/mol. The molecule has 0 amide bonds. The number of phenolic OH excluding ortho intramolecular Hbond substituents is 1. The Bertz CT molecular complexity index is 1090. The Hall–Kier alpha value is -1.06. The summed E-state index contributed by atoms with van der Waals surface area (Å²) in [6.45, 7) is 2.94. The lowest BCUT2D eigenvalue weighted by Crippen LogP contribution is -2.44. The number of aromatic hydroxyl groups is 1. The van der Waals surface area contributed by atoms with Crippen LogP contribution in [0.4, 0.5) is 0 Å². The number of hydrogen-bond donors (Lipinski definition) is 2. The lowest BCUT2D eigenvalue weighted by molar-refractivity contribution is -0.0612. The fourth-order valence-corrected chi connectivity index (χ4v) is 6.79. The predicted octanol–water partition coefficient (Wildman–Crippen LogP) is 4.47. The molecular weight excluding hydrogens is 495 g/mol. The highest BCUT2D eigenvalue weighted by molar-refractivity contribution is 7.89. The van der Waals surface area contributed by atoms with Crippen LogP contribution in [0.1, 0.15) is 35.6 Å². The van der Waals surface area contributed by atoms with E-state index in [-0.39, 0.29) is 40.5 Å². The minimum Gasteiger partial charge on any atom is -0.507 e. The van der Waals surface area contributed by atoms with Gasteiger partial charge in [0, 0.05) is 36.6 Å². The monoisotopic (exact) mass is 520 g/mol. The first-order valence-electron chi connectivity index (χ1n) is 10.3. The van der Waals surface area contributed by atoms with Crippen LogP contribution >= 0.6 is 35.6 Å². The van der Waals surface area contributed by atoms with Gasteiger partial charge < -0.3 is 15.6 Å². The zero-order valence-corrected chi connectivity index (χ0v) is 20.8. The van der Waals surface area contributed by atoms with Crippen molar-refractivity contribution < 1.29 is 18.3 Å². The maximum Gasteiger partial charge on any atom is 0.244 e. The van der Waals surface area contributed by atoms with Crippen molar-refractivity contribution in [1.29, 1.82) is 0 Å². The normalized spacial score (nSPS) is 22.2. The van der Waals surface area contributed by atoms with Crippen LogP contribution in [0.2, 0.25) is 10.0 Å². The van der Waals surface area contributed by atoms with E-state index in [4.69, 9.17) is 33.7 Å². The molecule has 0 saturated carbocycles. The van der Waals surface area contributed by atoms with Crippen molar-refractivity contribution in [3.8, 4) is 5.75 Å². The number of aryl methyl sites for hydroxylation is 1. The van der Waals surface area contributed by atoms with Crippen LogP contribution in [0.3, 0.4) is 0 Å². The molecule has 3 N–H and O–H groups in total. The van der Waals surface area contributed by atoms with Crippen LogP contribution in [0.25, 0.3) is 0 Å². The maximum atomic E-state index is 13.1. The average Bonchev–Trinajstić information content (AvgIpc) is 2.77. The van der Waals surface area contributed by atoms with Crippen molar-refractivity contribution in [3.63, 3.8) is 0 Å². The first-order valence-corrected chi connectivity index (χ1v) is 12.5. The Labute approximate surface area is 205 Å². The summed E-state index contributed by atoms with van der Waals surface area (Å²) in [5.74, 6) is 0.475. The fraction of sp³-hybridized carbons (Fsp3) is 0.455. The van der Waals surface area contributed by atoms with Gasteiger partial charge in [0.25, 0.3) is 0 Å². The Morgan fingerprint density at radius 1 is 1.19 bits per heavy atom. The number of halogens is 3. The Balaban J connectivity index is 0.00000289. The van der Waals surface area contributed by atoms with Gasteiger partial charge in [-0.3, -0.25) is 0 Å². The van der Waals surface area contributed by atoms with Crippen LogP contribution < -0.4 is 5.73 Å². The topological polar surface area (TPSA) is 92.9 Å². The molecule has 0 aromatic heterocycles. The number of rotatable bonds is 4. The number of fused-ring (bicyclic) bond motifs is 1. The first kappa shape index (κ1) is 25.6. The Kier molecular flexibility index (Phi) is 8.03. The number of phenols is 1. The summed E-state index contributed by atoms with van der Waals surface area (Å²) in [5.41, 5.74) is 8.62. The van der Waals surface area contributed by atoms with E-state index in [2.05, 4.69) is 0 Å². The molecule has 2 aromatic rings. The van der Waals surface area contributed by atoms with E-state index in [1.54, 1.807) is 6.07 Å². The maximum absolute atomic E-state index is 13.1. The fourth-order valence-electron chi connectivity index (χ4n) is 4.58. The predicted molar refractivity (Wildman–Crippen MR) is 128 cm³/mol. The summed E-state index contributed by atoms with van der Waals surface area (Å²) in [7, 11) is -3.73. The van der Waals surface area contributed by atoms with E-state index in [1.165, 1.54) is 16.4 Å². The highest BCUT2D eigenvalue weighted by Gasteiger charge is 2.38. The van der Waals surface area contributed by atoms with E-state index in [0.29, 0.717) is 49.7 Å². The van der Waals surface area contributed by atoms with Gasteiger partial charge in [0.05, 0.1) is 17.2 Å². The molecule has 10 heteroatoms. The van der Waals surface area contributed by atoms with E-state index in [1.807, 2.05) is 19.1 Å².